The summed E-state index contributed by atoms with van der Waals surface area (Å²) < 4.78 is 27.7. The van der Waals surface area contributed by atoms with Gasteiger partial charge in [0.1, 0.15) is 0 Å². The molecule has 0 saturated heterocycles. The molecule has 0 radical (unpaired) electrons. The van der Waals surface area contributed by atoms with Gasteiger partial charge < -0.3 is 0 Å². The molecule has 0 unspecified atom stereocenters. The average molecular weight is 318 g/mol. The minimum atomic E-state index is -3.65. The highest BCUT2D eigenvalue weighted by molar-refractivity contribution is 7.93. The third-order valence-electron chi connectivity index (χ3n) is 3.14. The van der Waals surface area contributed by atoms with Crippen molar-refractivity contribution in [1.29, 1.82) is 0 Å². The van der Waals surface area contributed by atoms with E-state index in [1.54, 1.807) is 42.5 Å². The second kappa shape index (κ2) is 5.39. The van der Waals surface area contributed by atoms with Gasteiger partial charge in [0, 0.05) is 16.1 Å². The molecule has 0 saturated carbocycles. The second-order valence-corrected chi connectivity index (χ2v) is 6.68. The monoisotopic (exact) mass is 317 g/mol. The van der Waals surface area contributed by atoms with Crippen LogP contribution in [0.5, 0.6) is 0 Å². The Bertz CT molecular complexity index is 884. The highest BCUT2D eigenvalue weighted by atomic mass is 35.5. The molecule has 0 aliphatic rings. The Labute approximate surface area is 128 Å². The first kappa shape index (κ1) is 13.9. The van der Waals surface area contributed by atoms with Gasteiger partial charge in [-0.15, -0.1) is 0 Å². The summed E-state index contributed by atoms with van der Waals surface area (Å²) >= 11 is 5.80. The van der Waals surface area contributed by atoms with Gasteiger partial charge in [-0.05, 0) is 35.7 Å². The molecule has 5 heteroatoms. The molecule has 1 N–H and O–H groups in total. The van der Waals surface area contributed by atoms with Gasteiger partial charge in [-0.3, -0.25) is 4.72 Å². The van der Waals surface area contributed by atoms with E-state index >= 15 is 0 Å². The van der Waals surface area contributed by atoms with Crippen LogP contribution in [-0.4, -0.2) is 8.42 Å². The lowest BCUT2D eigenvalue weighted by Crippen LogP contribution is -2.13. The molecule has 3 aromatic rings. The van der Waals surface area contributed by atoms with E-state index in [0.29, 0.717) is 16.1 Å². The number of fused-ring (bicyclic) bond motifs is 1. The molecule has 0 spiro atoms. The number of nitrogens with one attached hydrogen (secondary N) is 1. The molecule has 106 valence electrons. The van der Waals surface area contributed by atoms with E-state index in [1.807, 2.05) is 24.3 Å². The molecule has 3 aromatic carbocycles. The molecule has 3 nitrogen and oxygen atoms in total. The summed E-state index contributed by atoms with van der Waals surface area (Å²) in [6.45, 7) is 0. The largest absolute Gasteiger partial charge is 0.280 e. The van der Waals surface area contributed by atoms with Crippen LogP contribution >= 0.6 is 11.6 Å². The van der Waals surface area contributed by atoms with E-state index in [1.165, 1.54) is 0 Å². The first-order valence-electron chi connectivity index (χ1n) is 6.32. The SMILES string of the molecule is O=S(=O)(Nc1ccc(Cl)cc1)c1cccc2ccccc12. The van der Waals surface area contributed by atoms with E-state index in [-0.39, 0.29) is 4.90 Å². The average Bonchev–Trinajstić information content (AvgIpc) is 2.49. The van der Waals surface area contributed by atoms with Crippen LogP contribution in [0.1, 0.15) is 0 Å². The van der Waals surface area contributed by atoms with Crippen molar-refractivity contribution in [2.24, 2.45) is 0 Å². The van der Waals surface area contributed by atoms with Crippen LogP contribution in [-0.2, 0) is 10.0 Å². The van der Waals surface area contributed by atoms with Crippen molar-refractivity contribution in [3.8, 4) is 0 Å². The summed E-state index contributed by atoms with van der Waals surface area (Å²) in [5, 5.41) is 2.14. The lowest BCUT2D eigenvalue weighted by Gasteiger charge is -2.10. The van der Waals surface area contributed by atoms with E-state index in [2.05, 4.69) is 4.72 Å². The van der Waals surface area contributed by atoms with Crippen LogP contribution in [0.3, 0.4) is 0 Å². The fourth-order valence-corrected chi connectivity index (χ4v) is 3.57. The standard InChI is InChI=1S/C16H12ClNO2S/c17-13-8-10-14(11-9-13)18-21(19,20)16-7-3-5-12-4-1-2-6-15(12)16/h1-11,18H. The summed E-state index contributed by atoms with van der Waals surface area (Å²) in [7, 11) is -3.65. The Kier molecular flexibility index (Phi) is 3.57. The predicted octanol–water partition coefficient (Wildman–Crippen LogP) is 4.29. The van der Waals surface area contributed by atoms with Gasteiger partial charge in [0.15, 0.2) is 0 Å². The van der Waals surface area contributed by atoms with Crippen LogP contribution < -0.4 is 4.72 Å². The fourth-order valence-electron chi connectivity index (χ4n) is 2.16. The molecular weight excluding hydrogens is 306 g/mol. The minimum Gasteiger partial charge on any atom is -0.280 e. The Balaban J connectivity index is 2.06. The van der Waals surface area contributed by atoms with Crippen LogP contribution in [0.4, 0.5) is 5.69 Å². The maximum absolute atomic E-state index is 12.6. The highest BCUT2D eigenvalue weighted by Crippen LogP contribution is 2.25. The van der Waals surface area contributed by atoms with Gasteiger partial charge in [0.05, 0.1) is 4.90 Å². The van der Waals surface area contributed by atoms with Crippen LogP contribution in [0.15, 0.2) is 71.6 Å². The summed E-state index contributed by atoms with van der Waals surface area (Å²) in [5.74, 6) is 0. The lowest BCUT2D eigenvalue weighted by molar-refractivity contribution is 0.602. The zero-order valence-corrected chi connectivity index (χ0v) is 12.5. The van der Waals surface area contributed by atoms with Gasteiger partial charge in [-0.2, -0.15) is 0 Å². The van der Waals surface area contributed by atoms with Crippen molar-refractivity contribution in [3.05, 3.63) is 71.8 Å². The summed E-state index contributed by atoms with van der Waals surface area (Å²) in [6.07, 6.45) is 0. The first-order chi connectivity index (χ1) is 10.1. The fraction of sp³-hybridized carbons (Fsp3) is 0. The maximum Gasteiger partial charge on any atom is 0.262 e. The number of hydrogen-bond donors (Lipinski definition) is 1. The number of halogens is 1. The highest BCUT2D eigenvalue weighted by Gasteiger charge is 2.17. The molecular formula is C16H12ClNO2S. The van der Waals surface area contributed by atoms with Crippen LogP contribution in [0.2, 0.25) is 5.02 Å². The molecule has 21 heavy (non-hydrogen) atoms. The zero-order chi connectivity index (χ0) is 14.9. The quantitative estimate of drug-likeness (QED) is 0.783. The predicted molar refractivity (Wildman–Crippen MR) is 86.2 cm³/mol. The molecule has 0 atom stereocenters. The molecule has 0 bridgehead atoms. The van der Waals surface area contributed by atoms with Crippen molar-refractivity contribution in [3.63, 3.8) is 0 Å². The van der Waals surface area contributed by atoms with Gasteiger partial charge in [-0.25, -0.2) is 8.42 Å². The smallest absolute Gasteiger partial charge is 0.262 e. The molecule has 3 rings (SSSR count). The first-order valence-corrected chi connectivity index (χ1v) is 8.18. The van der Waals surface area contributed by atoms with E-state index in [4.69, 9.17) is 11.6 Å². The van der Waals surface area contributed by atoms with Crippen LogP contribution in [0, 0.1) is 0 Å². The van der Waals surface area contributed by atoms with Crippen LogP contribution in [0.25, 0.3) is 10.8 Å². The normalized spacial score (nSPS) is 11.5. The van der Waals surface area contributed by atoms with Crippen molar-refractivity contribution in [1.82, 2.24) is 0 Å². The van der Waals surface area contributed by atoms with Crippen molar-refractivity contribution in [2.75, 3.05) is 4.72 Å². The molecule has 0 aliphatic carbocycles. The maximum atomic E-state index is 12.6. The van der Waals surface area contributed by atoms with Gasteiger partial charge >= 0.3 is 0 Å². The number of benzene rings is 3. The summed E-state index contributed by atoms with van der Waals surface area (Å²) in [5.41, 5.74) is 0.479. The zero-order valence-electron chi connectivity index (χ0n) is 11.0. The molecule has 0 aliphatic heterocycles. The molecule has 0 fully saturated rings. The molecule has 0 aromatic heterocycles. The summed E-state index contributed by atoms with van der Waals surface area (Å²) in [4.78, 5) is 0.260. The second-order valence-electron chi connectivity index (χ2n) is 4.59. The third kappa shape index (κ3) is 2.86. The van der Waals surface area contributed by atoms with Gasteiger partial charge in [0.2, 0.25) is 0 Å². The molecule has 0 heterocycles. The number of anilines is 1. The number of hydrogen-bond acceptors (Lipinski definition) is 2. The number of rotatable bonds is 3. The Morgan fingerprint density at radius 3 is 2.24 bits per heavy atom. The lowest BCUT2D eigenvalue weighted by atomic mass is 10.1. The Hall–Kier alpha value is -2.04. The molecule has 0 amide bonds. The summed E-state index contributed by atoms with van der Waals surface area (Å²) in [6, 6.07) is 19.1. The number of sulfonamides is 1. The van der Waals surface area contributed by atoms with Crippen molar-refractivity contribution >= 4 is 38.1 Å². The Morgan fingerprint density at radius 1 is 0.810 bits per heavy atom. The van der Waals surface area contributed by atoms with Crippen molar-refractivity contribution < 1.29 is 8.42 Å². The topological polar surface area (TPSA) is 46.2 Å². The van der Waals surface area contributed by atoms with E-state index in [0.717, 1.165) is 5.39 Å². The van der Waals surface area contributed by atoms with E-state index < -0.39 is 10.0 Å². The van der Waals surface area contributed by atoms with Gasteiger partial charge in [-0.1, -0.05) is 48.0 Å². The van der Waals surface area contributed by atoms with E-state index in [9.17, 15) is 8.42 Å². The minimum absolute atomic E-state index is 0.260. The van der Waals surface area contributed by atoms with Crippen molar-refractivity contribution in [2.45, 2.75) is 4.90 Å². The Morgan fingerprint density at radius 2 is 1.48 bits per heavy atom. The van der Waals surface area contributed by atoms with Gasteiger partial charge in [0.25, 0.3) is 10.0 Å². The third-order valence-corrected chi connectivity index (χ3v) is 4.83.